The largest absolute Gasteiger partial charge is 0.342 e. The standard InChI is InChI=1S/C16H17N3O2S/c1-12-6-8-13(9-7-12)22(20,21)17-11-10-16-18-14-4-2-3-5-15(14)19-16/h2-9,17H,10-11H2,1H3,(H,18,19). The topological polar surface area (TPSA) is 74.8 Å². The fourth-order valence-corrected chi connectivity index (χ4v) is 3.26. The van der Waals surface area contributed by atoms with Gasteiger partial charge in [-0.05, 0) is 31.2 Å². The molecule has 1 aromatic heterocycles. The lowest BCUT2D eigenvalue weighted by atomic mass is 10.2. The van der Waals surface area contributed by atoms with Crippen LogP contribution < -0.4 is 4.72 Å². The number of benzene rings is 2. The zero-order valence-corrected chi connectivity index (χ0v) is 13.0. The molecule has 1 heterocycles. The Hall–Kier alpha value is -2.18. The predicted molar refractivity (Wildman–Crippen MR) is 86.2 cm³/mol. The summed E-state index contributed by atoms with van der Waals surface area (Å²) in [5.41, 5.74) is 2.87. The number of hydrogen-bond acceptors (Lipinski definition) is 3. The molecular formula is C16H17N3O2S. The molecule has 0 aliphatic heterocycles. The highest BCUT2D eigenvalue weighted by molar-refractivity contribution is 7.89. The molecule has 22 heavy (non-hydrogen) atoms. The number of sulfonamides is 1. The highest BCUT2D eigenvalue weighted by atomic mass is 32.2. The number of nitrogens with zero attached hydrogens (tertiary/aromatic N) is 1. The number of rotatable bonds is 5. The number of aromatic amines is 1. The van der Waals surface area contributed by atoms with Crippen LogP contribution >= 0.6 is 0 Å². The van der Waals surface area contributed by atoms with Gasteiger partial charge in [0.1, 0.15) is 5.82 Å². The van der Waals surface area contributed by atoms with Crippen LogP contribution in [0.3, 0.4) is 0 Å². The molecule has 2 N–H and O–H groups in total. The maximum absolute atomic E-state index is 12.2. The summed E-state index contributed by atoms with van der Waals surface area (Å²) in [7, 11) is -3.47. The first-order valence-corrected chi connectivity index (χ1v) is 8.53. The predicted octanol–water partition coefficient (Wildman–Crippen LogP) is 2.39. The minimum atomic E-state index is -3.47. The van der Waals surface area contributed by atoms with Crippen LogP contribution in [0.25, 0.3) is 11.0 Å². The molecule has 3 rings (SSSR count). The van der Waals surface area contributed by atoms with E-state index in [0.717, 1.165) is 22.4 Å². The molecule has 0 aliphatic rings. The Kier molecular flexibility index (Phi) is 3.96. The van der Waals surface area contributed by atoms with Crippen molar-refractivity contribution in [2.24, 2.45) is 0 Å². The van der Waals surface area contributed by atoms with Gasteiger partial charge in [-0.15, -0.1) is 0 Å². The van der Waals surface area contributed by atoms with E-state index in [-0.39, 0.29) is 4.90 Å². The van der Waals surface area contributed by atoms with Gasteiger partial charge in [0.25, 0.3) is 0 Å². The van der Waals surface area contributed by atoms with Crippen LogP contribution in [0, 0.1) is 6.92 Å². The summed E-state index contributed by atoms with van der Waals surface area (Å²) < 4.78 is 26.9. The van der Waals surface area contributed by atoms with E-state index < -0.39 is 10.0 Å². The van der Waals surface area contributed by atoms with Crippen LogP contribution in [0.2, 0.25) is 0 Å². The lowest BCUT2D eigenvalue weighted by Gasteiger charge is -2.06. The maximum Gasteiger partial charge on any atom is 0.240 e. The van der Waals surface area contributed by atoms with Gasteiger partial charge in [-0.3, -0.25) is 0 Å². The smallest absolute Gasteiger partial charge is 0.240 e. The van der Waals surface area contributed by atoms with Gasteiger partial charge < -0.3 is 4.98 Å². The first kappa shape index (κ1) is 14.7. The van der Waals surface area contributed by atoms with Gasteiger partial charge in [0.15, 0.2) is 0 Å². The Morgan fingerprint density at radius 3 is 2.55 bits per heavy atom. The SMILES string of the molecule is Cc1ccc(S(=O)(=O)NCCc2nc3ccccc3[nH]2)cc1. The summed E-state index contributed by atoms with van der Waals surface area (Å²) in [5.74, 6) is 0.771. The van der Waals surface area contributed by atoms with E-state index in [1.54, 1.807) is 24.3 Å². The molecule has 0 unspecified atom stereocenters. The van der Waals surface area contributed by atoms with Gasteiger partial charge in [0.2, 0.25) is 10.0 Å². The number of fused-ring (bicyclic) bond motifs is 1. The maximum atomic E-state index is 12.2. The zero-order chi connectivity index (χ0) is 15.6. The van der Waals surface area contributed by atoms with E-state index in [2.05, 4.69) is 14.7 Å². The van der Waals surface area contributed by atoms with Crippen molar-refractivity contribution in [2.75, 3.05) is 6.54 Å². The lowest BCUT2D eigenvalue weighted by molar-refractivity contribution is 0.581. The second-order valence-corrected chi connectivity index (χ2v) is 6.93. The van der Waals surface area contributed by atoms with Gasteiger partial charge >= 0.3 is 0 Å². The van der Waals surface area contributed by atoms with Crippen LogP contribution in [-0.2, 0) is 16.4 Å². The molecule has 0 saturated carbocycles. The summed E-state index contributed by atoms with van der Waals surface area (Å²) in [4.78, 5) is 7.89. The van der Waals surface area contributed by atoms with Crippen molar-refractivity contribution >= 4 is 21.1 Å². The Balaban J connectivity index is 1.65. The van der Waals surface area contributed by atoms with Gasteiger partial charge in [-0.25, -0.2) is 18.1 Å². The number of para-hydroxylation sites is 2. The van der Waals surface area contributed by atoms with E-state index in [9.17, 15) is 8.42 Å². The molecule has 0 spiro atoms. The second kappa shape index (κ2) is 5.90. The molecule has 3 aromatic rings. The number of imidazole rings is 1. The molecule has 0 radical (unpaired) electrons. The van der Waals surface area contributed by atoms with Crippen molar-refractivity contribution in [3.05, 3.63) is 59.9 Å². The van der Waals surface area contributed by atoms with Crippen LogP contribution in [0.1, 0.15) is 11.4 Å². The van der Waals surface area contributed by atoms with E-state index >= 15 is 0 Å². The molecule has 5 nitrogen and oxygen atoms in total. The van der Waals surface area contributed by atoms with E-state index in [0.29, 0.717) is 13.0 Å². The molecule has 0 amide bonds. The number of aromatic nitrogens is 2. The van der Waals surface area contributed by atoms with Gasteiger partial charge in [0, 0.05) is 13.0 Å². The van der Waals surface area contributed by atoms with E-state index in [4.69, 9.17) is 0 Å². The fraction of sp³-hybridized carbons (Fsp3) is 0.188. The van der Waals surface area contributed by atoms with E-state index in [1.807, 2.05) is 31.2 Å². The molecule has 0 saturated heterocycles. The molecule has 6 heteroatoms. The van der Waals surface area contributed by atoms with Gasteiger partial charge in [-0.1, -0.05) is 29.8 Å². The van der Waals surface area contributed by atoms with Crippen LogP contribution in [0.4, 0.5) is 0 Å². The highest BCUT2D eigenvalue weighted by Gasteiger charge is 2.13. The summed E-state index contributed by atoms with van der Waals surface area (Å²) >= 11 is 0. The molecule has 2 aromatic carbocycles. The Morgan fingerprint density at radius 1 is 1.09 bits per heavy atom. The zero-order valence-electron chi connectivity index (χ0n) is 12.2. The molecule has 0 atom stereocenters. The van der Waals surface area contributed by atoms with Crippen molar-refractivity contribution in [3.63, 3.8) is 0 Å². The Bertz CT molecular complexity index is 850. The number of hydrogen-bond donors (Lipinski definition) is 2. The van der Waals surface area contributed by atoms with Crippen molar-refractivity contribution < 1.29 is 8.42 Å². The van der Waals surface area contributed by atoms with Crippen molar-refractivity contribution in [1.29, 1.82) is 0 Å². The average Bonchev–Trinajstić information content (AvgIpc) is 2.90. The van der Waals surface area contributed by atoms with E-state index in [1.165, 1.54) is 0 Å². The molecule has 0 aliphatic carbocycles. The summed E-state index contributed by atoms with van der Waals surface area (Å²) in [5, 5.41) is 0. The van der Waals surface area contributed by atoms with Crippen molar-refractivity contribution in [2.45, 2.75) is 18.2 Å². The van der Waals surface area contributed by atoms with Crippen molar-refractivity contribution in [3.8, 4) is 0 Å². The minimum absolute atomic E-state index is 0.280. The third kappa shape index (κ3) is 3.18. The minimum Gasteiger partial charge on any atom is -0.342 e. The first-order valence-electron chi connectivity index (χ1n) is 7.04. The summed E-state index contributed by atoms with van der Waals surface area (Å²) in [6, 6.07) is 14.5. The van der Waals surface area contributed by atoms with Crippen molar-refractivity contribution in [1.82, 2.24) is 14.7 Å². The van der Waals surface area contributed by atoms with Crippen LogP contribution in [-0.4, -0.2) is 24.9 Å². The quantitative estimate of drug-likeness (QED) is 0.759. The molecule has 0 fully saturated rings. The number of H-pyrrole nitrogens is 1. The normalized spacial score (nSPS) is 11.9. The monoisotopic (exact) mass is 315 g/mol. The van der Waals surface area contributed by atoms with Crippen LogP contribution in [0.15, 0.2) is 53.4 Å². The third-order valence-electron chi connectivity index (χ3n) is 3.42. The Labute approximate surface area is 129 Å². The second-order valence-electron chi connectivity index (χ2n) is 5.16. The molecular weight excluding hydrogens is 298 g/mol. The Morgan fingerprint density at radius 2 is 1.82 bits per heavy atom. The van der Waals surface area contributed by atoms with Crippen LogP contribution in [0.5, 0.6) is 0 Å². The molecule has 114 valence electrons. The average molecular weight is 315 g/mol. The van der Waals surface area contributed by atoms with Gasteiger partial charge in [0.05, 0.1) is 15.9 Å². The fourth-order valence-electron chi connectivity index (χ4n) is 2.23. The number of nitrogens with one attached hydrogen (secondary N) is 2. The first-order chi connectivity index (χ1) is 10.5. The lowest BCUT2D eigenvalue weighted by Crippen LogP contribution is -2.26. The number of aryl methyl sites for hydroxylation is 1. The summed E-state index contributed by atoms with van der Waals surface area (Å²) in [6.45, 7) is 2.22. The third-order valence-corrected chi connectivity index (χ3v) is 4.90. The molecule has 0 bridgehead atoms. The highest BCUT2D eigenvalue weighted by Crippen LogP contribution is 2.12. The van der Waals surface area contributed by atoms with Gasteiger partial charge in [-0.2, -0.15) is 0 Å². The summed E-state index contributed by atoms with van der Waals surface area (Å²) in [6.07, 6.45) is 0.514.